The third kappa shape index (κ3) is 17.4. The van der Waals surface area contributed by atoms with Crippen LogP contribution in [0.3, 0.4) is 0 Å². The van der Waals surface area contributed by atoms with Crippen LogP contribution in [0.1, 0.15) is 218 Å². The normalized spacial score (nSPS) is 14.9. The number of hydrogen-bond acceptors (Lipinski definition) is 7. The van der Waals surface area contributed by atoms with Crippen molar-refractivity contribution in [2.24, 2.45) is 0 Å². The molecule has 0 bridgehead atoms. The molecule has 704 valence electrons. The first-order valence-corrected chi connectivity index (χ1v) is 45.3. The zero-order valence-corrected chi connectivity index (χ0v) is 78.0. The lowest BCUT2D eigenvalue weighted by molar-refractivity contribution is -0.143. The number of H-pyrrole nitrogens is 3. The number of aryl methyl sites for hydroxylation is 10. The van der Waals surface area contributed by atoms with Gasteiger partial charge < -0.3 is 19.7 Å². The minimum Gasteiger partial charge on any atom is -0.492 e. The maximum atomic E-state index is 15.6. The van der Waals surface area contributed by atoms with Crippen LogP contribution < -0.4 is 4.74 Å². The van der Waals surface area contributed by atoms with Gasteiger partial charge >= 0.3 is 24.7 Å². The predicted molar refractivity (Wildman–Crippen MR) is 497 cm³/mol. The molecule has 15 aromatic rings. The average Bonchev–Trinajstić information content (AvgIpc) is 1.57. The van der Waals surface area contributed by atoms with Crippen molar-refractivity contribution in [1.82, 2.24) is 59.0 Å². The fourth-order valence-corrected chi connectivity index (χ4v) is 20.1. The summed E-state index contributed by atoms with van der Waals surface area (Å²) < 4.78 is 205. The average molecular weight is 1850 g/mol. The SMILES string of the molecule is CCc1cccc(CC)c1-n1nc2c(c1-c1cc(F)c(OC)c3[nH]ccc13)CN(Cc1ccc(C(F)(F)F)cc1C)C2(C)C.CCc1cccc(CC)c1-n1nc2c(c1-c1ccc(C)c3[nH]ccc13)CN(Cc1cc(C(F)(F)F)cc(C(F)(F)F)c1)C2(C)C.CCc1cccc(CC)c1-n1nc2c(c1-c1ccc(CC)c3[nH]ccc13)CN(Cc1ccc(C(F)(F)F)cc1C)C2(C)C.FF. The van der Waals surface area contributed by atoms with E-state index < -0.39 is 69.4 Å². The number of alkyl halides is 12. The van der Waals surface area contributed by atoms with E-state index in [4.69, 9.17) is 29.2 Å². The standard InChI is InChI=1S/C36H39F3N4.C35H34F6N4.C35H36F4N4O.F2/c1-7-23-14-16-29(28-17-18-40-31(23)28)33-30-21-42(20-26-13-15-27(19-22(26)4)36(37,38)39)35(5,6)34(30)41-43(33)32-24(8-2)11-10-12-25(32)9-3;1-6-22-9-8-10-23(7-2)30(22)45-31(27-12-11-20(3)29-26(27)13-14-42-29)28-19-44(33(4,5)32(28)43-45)18-21-15-24(34(36,37)38)17-25(16-21)35(39,40)41;1-7-21-10-9-11-22(8-2)30(21)43-31(26-17-28(36)32(44-6)29-25(26)14-15-40-29)27-19-42(34(4,5)33(27)41-43)18-23-12-13-24(16-20(23)3)35(37,38)39;1-2/h10-19,40H,7-9,20-21H2,1-6H3;8-17,42H,6-7,18-19H2,1-5H3;9-17,40H,7-8,18-19H2,1-6H3;. The summed E-state index contributed by atoms with van der Waals surface area (Å²) in [6.45, 7) is 35.2. The van der Waals surface area contributed by atoms with Gasteiger partial charge in [0.1, 0.15) is 0 Å². The molecule has 6 aromatic heterocycles. The smallest absolute Gasteiger partial charge is 0.416 e. The lowest BCUT2D eigenvalue weighted by Crippen LogP contribution is -2.36. The first kappa shape index (κ1) is 96.4. The minimum absolute atomic E-state index is 0.0576. The van der Waals surface area contributed by atoms with Crippen molar-refractivity contribution < 1.29 is 71.0 Å². The van der Waals surface area contributed by atoms with Gasteiger partial charge in [0.05, 0.1) is 103 Å². The van der Waals surface area contributed by atoms with E-state index in [-0.39, 0.29) is 23.9 Å². The Balaban J connectivity index is 0.000000152. The zero-order chi connectivity index (χ0) is 96.7. The van der Waals surface area contributed by atoms with Gasteiger partial charge in [0, 0.05) is 128 Å². The highest BCUT2D eigenvalue weighted by molar-refractivity contribution is 6.01. The molecule has 3 aliphatic rings. The highest BCUT2D eigenvalue weighted by Gasteiger charge is 2.49. The first-order chi connectivity index (χ1) is 63.5. The Labute approximate surface area is 769 Å². The number of aromatic nitrogens is 9. The second kappa shape index (κ2) is 36.9. The lowest BCUT2D eigenvalue weighted by Gasteiger charge is -2.32. The molecule has 0 saturated heterocycles. The minimum atomic E-state index is -4.91. The van der Waals surface area contributed by atoms with Gasteiger partial charge in [-0.3, -0.25) is 14.7 Å². The van der Waals surface area contributed by atoms with Crippen LogP contribution in [0.15, 0.2) is 176 Å². The molecule has 0 aliphatic carbocycles. The van der Waals surface area contributed by atoms with Gasteiger partial charge in [0.15, 0.2) is 11.6 Å². The Morgan fingerprint density at radius 2 is 0.664 bits per heavy atom. The van der Waals surface area contributed by atoms with E-state index in [9.17, 15) is 52.7 Å². The number of rotatable bonds is 20. The molecule has 0 saturated carbocycles. The van der Waals surface area contributed by atoms with Crippen LogP contribution >= 0.6 is 0 Å². The zero-order valence-electron chi connectivity index (χ0n) is 78.0. The molecule has 134 heavy (non-hydrogen) atoms. The third-order valence-corrected chi connectivity index (χ3v) is 27.6. The number of methoxy groups -OCH3 is 1. The number of nitrogens with zero attached hydrogens (tertiary/aromatic N) is 9. The third-order valence-electron chi connectivity index (χ3n) is 27.6. The molecule has 0 unspecified atom stereocenters. The maximum absolute atomic E-state index is 15.6. The number of aromatic amines is 3. The maximum Gasteiger partial charge on any atom is 0.416 e. The summed E-state index contributed by atoms with van der Waals surface area (Å²) in [6, 6.07) is 45.0. The number of para-hydroxylation sites is 3. The molecule has 0 atom stereocenters. The van der Waals surface area contributed by atoms with Crippen LogP contribution in [0, 0.1) is 26.6 Å². The van der Waals surface area contributed by atoms with E-state index in [0.29, 0.717) is 54.9 Å². The monoisotopic (exact) mass is 1850 g/mol. The van der Waals surface area contributed by atoms with Crippen LogP contribution in [0.2, 0.25) is 0 Å². The summed E-state index contributed by atoms with van der Waals surface area (Å²) in [4.78, 5) is 16.4. The summed E-state index contributed by atoms with van der Waals surface area (Å²) in [7, 11) is 1.45. The van der Waals surface area contributed by atoms with Crippen LogP contribution in [-0.2, 0) is 126 Å². The van der Waals surface area contributed by atoms with Crippen molar-refractivity contribution >= 4 is 32.7 Å². The molecule has 9 aromatic carbocycles. The molecule has 0 amide bonds. The van der Waals surface area contributed by atoms with Crippen molar-refractivity contribution in [3.8, 4) is 56.6 Å². The molecule has 0 radical (unpaired) electrons. The van der Waals surface area contributed by atoms with Crippen molar-refractivity contribution in [2.45, 2.75) is 236 Å². The van der Waals surface area contributed by atoms with E-state index >= 15 is 4.39 Å². The topological polar surface area (TPSA) is 120 Å². The highest BCUT2D eigenvalue weighted by atomic mass is 20.0. The number of benzene rings is 9. The second-order valence-corrected chi connectivity index (χ2v) is 36.4. The summed E-state index contributed by atoms with van der Waals surface area (Å²) in [5.74, 6) is -0.327. The predicted octanol–water partition coefficient (Wildman–Crippen LogP) is 28.7. The van der Waals surface area contributed by atoms with Gasteiger partial charge in [0.2, 0.25) is 0 Å². The Morgan fingerprint density at radius 1 is 0.343 bits per heavy atom. The molecule has 3 aliphatic heterocycles. The molecular weight excluding hydrogens is 1740 g/mol. The van der Waals surface area contributed by atoms with E-state index in [1.165, 1.54) is 59.0 Å². The van der Waals surface area contributed by atoms with Crippen molar-refractivity contribution in [3.63, 3.8) is 0 Å². The Kier molecular flexibility index (Phi) is 26.6. The van der Waals surface area contributed by atoms with Crippen molar-refractivity contribution in [3.05, 3.63) is 310 Å². The van der Waals surface area contributed by atoms with Crippen molar-refractivity contribution in [2.75, 3.05) is 7.11 Å². The second-order valence-electron chi connectivity index (χ2n) is 36.4. The van der Waals surface area contributed by atoms with E-state index in [1.807, 2.05) is 71.7 Å². The summed E-state index contributed by atoms with van der Waals surface area (Å²) in [5, 5.41) is 18.9. The van der Waals surface area contributed by atoms with Gasteiger partial charge in [-0.25, -0.2) is 18.4 Å². The first-order valence-electron chi connectivity index (χ1n) is 45.3. The fourth-order valence-electron chi connectivity index (χ4n) is 20.1. The number of nitrogens with one attached hydrogen (secondary N) is 3. The van der Waals surface area contributed by atoms with Gasteiger partial charge in [-0.15, -0.1) is 0 Å². The number of ether oxygens (including phenoxy) is 1. The quantitative estimate of drug-likeness (QED) is 0.0650. The summed E-state index contributed by atoms with van der Waals surface area (Å²) in [6.07, 6.45) is -7.01. The number of hydrogen-bond donors (Lipinski definition) is 3. The highest BCUT2D eigenvalue weighted by Crippen LogP contribution is 2.53. The number of halogens is 15. The molecule has 13 nitrogen and oxygen atoms in total. The van der Waals surface area contributed by atoms with Crippen LogP contribution in [0.4, 0.5) is 66.2 Å². The largest absolute Gasteiger partial charge is 0.492 e. The van der Waals surface area contributed by atoms with E-state index in [2.05, 4.69) is 178 Å². The lowest BCUT2D eigenvalue weighted by atomic mass is 9.95. The number of fused-ring (bicyclic) bond motifs is 6. The van der Waals surface area contributed by atoms with Gasteiger partial charge in [-0.05, 0) is 246 Å². The molecule has 28 heteroatoms. The summed E-state index contributed by atoms with van der Waals surface area (Å²) >= 11 is 0. The van der Waals surface area contributed by atoms with Gasteiger partial charge in [-0.2, -0.15) is 68.0 Å². The molecule has 0 spiro atoms. The van der Waals surface area contributed by atoms with Crippen molar-refractivity contribution in [1.29, 1.82) is 0 Å². The Morgan fingerprint density at radius 3 is 1.01 bits per heavy atom. The molecule has 18 rings (SSSR count). The van der Waals surface area contributed by atoms with E-state index in [0.717, 1.165) is 197 Å². The molecular formula is C106H109F15N12O. The fraction of sp³-hybridized carbons (Fsp3) is 0.349. The van der Waals surface area contributed by atoms with Gasteiger partial charge in [0.25, 0.3) is 0 Å². The Bertz CT molecular complexity index is 6820. The molecule has 3 N–H and O–H groups in total. The summed E-state index contributed by atoms with van der Waals surface area (Å²) in [5.41, 5.74) is 23.7. The van der Waals surface area contributed by atoms with E-state index in [1.54, 1.807) is 32.2 Å². The van der Waals surface area contributed by atoms with Crippen LogP contribution in [-0.4, -0.2) is 66.1 Å². The van der Waals surface area contributed by atoms with Crippen LogP contribution in [0.5, 0.6) is 5.75 Å². The van der Waals surface area contributed by atoms with Crippen LogP contribution in [0.25, 0.3) is 83.5 Å². The Hall–Kier alpha value is -12.1. The molecule has 9 heterocycles. The molecule has 0 fully saturated rings. The van der Waals surface area contributed by atoms with Gasteiger partial charge in [-0.1, -0.05) is 139 Å².